The summed E-state index contributed by atoms with van der Waals surface area (Å²) < 4.78 is 0. The van der Waals surface area contributed by atoms with Gasteiger partial charge < -0.3 is 9.80 Å². The molecule has 1 saturated heterocycles. The van der Waals surface area contributed by atoms with Gasteiger partial charge in [-0.05, 0) is 42.8 Å². The molecule has 0 radical (unpaired) electrons. The second kappa shape index (κ2) is 8.67. The van der Waals surface area contributed by atoms with Crippen molar-refractivity contribution in [3.63, 3.8) is 0 Å². The zero-order valence-corrected chi connectivity index (χ0v) is 18.1. The van der Waals surface area contributed by atoms with Crippen molar-refractivity contribution in [2.45, 2.75) is 39.3 Å². The highest BCUT2D eigenvalue weighted by atomic mass is 32.1. The molecule has 1 unspecified atom stereocenters. The van der Waals surface area contributed by atoms with Gasteiger partial charge in [-0.1, -0.05) is 29.8 Å². The molecule has 6 heteroatoms. The van der Waals surface area contributed by atoms with Crippen LogP contribution in [0.1, 0.15) is 28.5 Å². The monoisotopic (exact) mass is 411 g/mol. The van der Waals surface area contributed by atoms with Crippen molar-refractivity contribution < 1.29 is 9.59 Å². The van der Waals surface area contributed by atoms with E-state index in [2.05, 4.69) is 23.3 Å². The molecular formula is C23H29N3O2S. The summed E-state index contributed by atoms with van der Waals surface area (Å²) in [6, 6.07) is 10.2. The summed E-state index contributed by atoms with van der Waals surface area (Å²) in [5.41, 5.74) is 3.56. The Kier molecular flexibility index (Phi) is 6.01. The number of fused-ring (bicyclic) bond motifs is 1. The van der Waals surface area contributed by atoms with E-state index in [1.165, 1.54) is 16.0 Å². The Morgan fingerprint density at radius 3 is 2.45 bits per heavy atom. The maximum atomic E-state index is 13.0. The summed E-state index contributed by atoms with van der Waals surface area (Å²) >= 11 is 1.79. The molecule has 29 heavy (non-hydrogen) atoms. The van der Waals surface area contributed by atoms with Crippen LogP contribution in [0.4, 0.5) is 0 Å². The molecule has 2 aliphatic heterocycles. The van der Waals surface area contributed by atoms with Crippen LogP contribution in [0.25, 0.3) is 0 Å². The summed E-state index contributed by atoms with van der Waals surface area (Å²) in [6.45, 7) is 8.50. The molecule has 0 saturated carbocycles. The number of piperazine rings is 1. The largest absolute Gasteiger partial charge is 0.340 e. The average Bonchev–Trinajstić information content (AvgIpc) is 3.22. The van der Waals surface area contributed by atoms with Gasteiger partial charge >= 0.3 is 0 Å². The van der Waals surface area contributed by atoms with Gasteiger partial charge in [0.1, 0.15) is 0 Å². The minimum atomic E-state index is -0.135. The zero-order valence-electron chi connectivity index (χ0n) is 17.3. The Morgan fingerprint density at radius 2 is 1.72 bits per heavy atom. The summed E-state index contributed by atoms with van der Waals surface area (Å²) in [6.07, 6.45) is 1.41. The van der Waals surface area contributed by atoms with Crippen LogP contribution < -0.4 is 0 Å². The molecule has 0 N–H and O–H groups in total. The Balaban J connectivity index is 1.28. The number of benzene rings is 1. The minimum Gasteiger partial charge on any atom is -0.340 e. The molecule has 2 aliphatic rings. The van der Waals surface area contributed by atoms with Crippen LogP contribution in [0.5, 0.6) is 0 Å². The van der Waals surface area contributed by atoms with E-state index in [0.29, 0.717) is 19.5 Å². The second-order valence-corrected chi connectivity index (χ2v) is 9.13. The molecule has 1 fully saturated rings. The highest BCUT2D eigenvalue weighted by molar-refractivity contribution is 7.10. The van der Waals surface area contributed by atoms with E-state index in [-0.39, 0.29) is 17.9 Å². The van der Waals surface area contributed by atoms with Gasteiger partial charge in [-0.25, -0.2) is 0 Å². The number of hydrogen-bond donors (Lipinski definition) is 0. The average molecular weight is 412 g/mol. The zero-order chi connectivity index (χ0) is 20.4. The second-order valence-electron chi connectivity index (χ2n) is 8.13. The van der Waals surface area contributed by atoms with Crippen LogP contribution in [0.15, 0.2) is 35.7 Å². The molecule has 0 bridgehead atoms. The first kappa shape index (κ1) is 20.1. The Labute approximate surface area is 176 Å². The third-order valence-corrected chi connectivity index (χ3v) is 7.19. The van der Waals surface area contributed by atoms with Gasteiger partial charge in [-0.15, -0.1) is 11.3 Å². The highest BCUT2D eigenvalue weighted by Gasteiger charge is 2.31. The molecule has 0 spiro atoms. The van der Waals surface area contributed by atoms with E-state index in [4.69, 9.17) is 0 Å². The van der Waals surface area contributed by atoms with Crippen LogP contribution >= 0.6 is 11.3 Å². The summed E-state index contributed by atoms with van der Waals surface area (Å²) in [5.74, 6) is 0.384. The number of nitrogens with zero attached hydrogens (tertiary/aromatic N) is 3. The number of carbonyl (C=O) groups excluding carboxylic acids is 2. The van der Waals surface area contributed by atoms with E-state index >= 15 is 0 Å². The number of thiophene rings is 1. The van der Waals surface area contributed by atoms with Crippen molar-refractivity contribution in [2.24, 2.45) is 0 Å². The van der Waals surface area contributed by atoms with Crippen molar-refractivity contribution in [3.8, 4) is 0 Å². The molecule has 3 heterocycles. The lowest BCUT2D eigenvalue weighted by molar-refractivity contribution is -0.139. The Hall–Kier alpha value is -2.18. The molecule has 2 aromatic rings. The maximum Gasteiger partial charge on any atom is 0.239 e. The first-order valence-corrected chi connectivity index (χ1v) is 11.3. The van der Waals surface area contributed by atoms with Gasteiger partial charge in [0.05, 0.1) is 12.5 Å². The van der Waals surface area contributed by atoms with Gasteiger partial charge in [0, 0.05) is 44.1 Å². The topological polar surface area (TPSA) is 43.9 Å². The fraction of sp³-hybridized carbons (Fsp3) is 0.478. The molecule has 1 aromatic carbocycles. The molecule has 5 nitrogen and oxygen atoms in total. The normalized spacial score (nSPS) is 18.4. The molecule has 1 atom stereocenters. The van der Waals surface area contributed by atoms with Gasteiger partial charge in [0.2, 0.25) is 11.8 Å². The number of rotatable bonds is 4. The van der Waals surface area contributed by atoms with Gasteiger partial charge in [-0.3, -0.25) is 14.5 Å². The third kappa shape index (κ3) is 4.54. The molecular weight excluding hydrogens is 382 g/mol. The first-order chi connectivity index (χ1) is 14.0. The number of amides is 2. The summed E-state index contributed by atoms with van der Waals surface area (Å²) in [7, 11) is 0. The maximum absolute atomic E-state index is 13.0. The Morgan fingerprint density at radius 1 is 1.00 bits per heavy atom. The first-order valence-electron chi connectivity index (χ1n) is 10.4. The van der Waals surface area contributed by atoms with Gasteiger partial charge in [-0.2, -0.15) is 0 Å². The van der Waals surface area contributed by atoms with Gasteiger partial charge in [0.15, 0.2) is 0 Å². The van der Waals surface area contributed by atoms with Crippen molar-refractivity contribution in [3.05, 3.63) is 57.3 Å². The minimum absolute atomic E-state index is 0.135. The molecule has 0 aliphatic carbocycles. The van der Waals surface area contributed by atoms with Crippen LogP contribution in [-0.2, 0) is 29.0 Å². The highest BCUT2D eigenvalue weighted by Crippen LogP contribution is 2.25. The van der Waals surface area contributed by atoms with Crippen LogP contribution in [0, 0.1) is 6.92 Å². The number of hydrogen-bond acceptors (Lipinski definition) is 4. The van der Waals surface area contributed by atoms with E-state index in [1.807, 2.05) is 41.0 Å². The smallest absolute Gasteiger partial charge is 0.239 e. The van der Waals surface area contributed by atoms with Crippen molar-refractivity contribution in [2.75, 3.05) is 32.7 Å². The molecule has 154 valence electrons. The van der Waals surface area contributed by atoms with E-state index in [0.717, 1.165) is 38.2 Å². The van der Waals surface area contributed by atoms with Crippen molar-refractivity contribution in [1.29, 1.82) is 0 Å². The quantitative estimate of drug-likeness (QED) is 0.777. The van der Waals surface area contributed by atoms with E-state index in [9.17, 15) is 9.59 Å². The third-order valence-electron chi connectivity index (χ3n) is 6.17. The lowest BCUT2D eigenvalue weighted by atomic mass is 10.1. The number of carbonyl (C=O) groups is 2. The van der Waals surface area contributed by atoms with Crippen molar-refractivity contribution in [1.82, 2.24) is 14.7 Å². The lowest BCUT2D eigenvalue weighted by Crippen LogP contribution is -2.56. The summed E-state index contributed by atoms with van der Waals surface area (Å²) in [5, 5.41) is 2.12. The van der Waals surface area contributed by atoms with Crippen molar-refractivity contribution >= 4 is 23.2 Å². The fourth-order valence-electron chi connectivity index (χ4n) is 4.21. The Bertz CT molecular complexity index is 869. The standard InChI is InChI=1S/C23H29N3O2S/c1-17-3-5-19(6-4-17)15-22(27)25-12-10-24(11-13-25)18(2)23(28)26-9-7-21-20(16-26)8-14-29-21/h3-6,8,14,18H,7,9-13,15-16H2,1-2H3. The molecule has 2 amide bonds. The lowest BCUT2D eigenvalue weighted by Gasteiger charge is -2.39. The van der Waals surface area contributed by atoms with E-state index < -0.39 is 0 Å². The molecule has 4 rings (SSSR count). The van der Waals surface area contributed by atoms with E-state index in [1.54, 1.807) is 11.3 Å². The summed E-state index contributed by atoms with van der Waals surface area (Å²) in [4.78, 5) is 33.2. The van der Waals surface area contributed by atoms with Crippen LogP contribution in [0.2, 0.25) is 0 Å². The SMILES string of the molecule is Cc1ccc(CC(=O)N2CCN(C(C)C(=O)N3CCc4sccc4C3)CC2)cc1. The fourth-order valence-corrected chi connectivity index (χ4v) is 5.10. The molecule has 1 aromatic heterocycles. The number of aryl methyl sites for hydroxylation is 1. The predicted molar refractivity (Wildman–Crippen MR) is 116 cm³/mol. The predicted octanol–water partition coefficient (Wildman–Crippen LogP) is 2.72. The van der Waals surface area contributed by atoms with Crippen LogP contribution in [0.3, 0.4) is 0 Å². The van der Waals surface area contributed by atoms with Gasteiger partial charge in [0.25, 0.3) is 0 Å². The van der Waals surface area contributed by atoms with Crippen LogP contribution in [-0.4, -0.2) is 65.3 Å².